The SMILES string of the molecule is Cc1nn(C)c(C)c1-c1ccnc(NCc2ccc3nonc3c2)n1. The molecular formula is C17H17N7O. The van der Waals surface area contributed by atoms with Gasteiger partial charge in [-0.15, -0.1) is 0 Å². The van der Waals surface area contributed by atoms with E-state index < -0.39 is 0 Å². The van der Waals surface area contributed by atoms with Gasteiger partial charge >= 0.3 is 0 Å². The number of hydrogen-bond donors (Lipinski definition) is 1. The Bertz CT molecular complexity index is 1050. The molecule has 0 bridgehead atoms. The van der Waals surface area contributed by atoms with Crippen LogP contribution in [0.5, 0.6) is 0 Å². The zero-order valence-electron chi connectivity index (χ0n) is 14.2. The lowest BCUT2D eigenvalue weighted by molar-refractivity contribution is 0.315. The molecule has 3 heterocycles. The molecule has 1 N–H and O–H groups in total. The van der Waals surface area contributed by atoms with Gasteiger partial charge in [0.25, 0.3) is 0 Å². The van der Waals surface area contributed by atoms with Crippen molar-refractivity contribution in [2.45, 2.75) is 20.4 Å². The molecule has 0 amide bonds. The lowest BCUT2D eigenvalue weighted by Crippen LogP contribution is -2.04. The molecule has 0 saturated carbocycles. The smallest absolute Gasteiger partial charge is 0.223 e. The number of nitrogens with one attached hydrogen (secondary N) is 1. The van der Waals surface area contributed by atoms with Crippen molar-refractivity contribution >= 4 is 17.0 Å². The van der Waals surface area contributed by atoms with Crippen LogP contribution < -0.4 is 5.32 Å². The number of anilines is 1. The molecule has 8 nitrogen and oxygen atoms in total. The second-order valence-electron chi connectivity index (χ2n) is 5.88. The van der Waals surface area contributed by atoms with Crippen molar-refractivity contribution in [3.8, 4) is 11.3 Å². The predicted octanol–water partition coefficient (Wildman–Crippen LogP) is 2.64. The Morgan fingerprint density at radius 1 is 1.12 bits per heavy atom. The van der Waals surface area contributed by atoms with Crippen LogP contribution >= 0.6 is 0 Å². The zero-order chi connectivity index (χ0) is 17.4. The Hall–Kier alpha value is -3.29. The van der Waals surface area contributed by atoms with E-state index in [2.05, 4.69) is 30.7 Å². The van der Waals surface area contributed by atoms with E-state index in [0.717, 1.165) is 39.2 Å². The molecule has 0 atom stereocenters. The van der Waals surface area contributed by atoms with Gasteiger partial charge in [-0.25, -0.2) is 14.6 Å². The molecule has 0 saturated heterocycles. The molecule has 0 aliphatic rings. The van der Waals surface area contributed by atoms with Crippen LogP contribution in [-0.4, -0.2) is 30.1 Å². The predicted molar refractivity (Wildman–Crippen MR) is 92.8 cm³/mol. The number of rotatable bonds is 4. The highest BCUT2D eigenvalue weighted by Gasteiger charge is 2.13. The second kappa shape index (κ2) is 5.97. The summed E-state index contributed by atoms with van der Waals surface area (Å²) in [5, 5.41) is 15.4. The van der Waals surface area contributed by atoms with Gasteiger partial charge in [0.15, 0.2) is 0 Å². The van der Waals surface area contributed by atoms with E-state index in [0.29, 0.717) is 12.5 Å². The summed E-state index contributed by atoms with van der Waals surface area (Å²) in [5.74, 6) is 0.568. The third-order valence-corrected chi connectivity index (χ3v) is 4.19. The van der Waals surface area contributed by atoms with Crippen molar-refractivity contribution in [1.29, 1.82) is 0 Å². The summed E-state index contributed by atoms with van der Waals surface area (Å²) in [7, 11) is 1.93. The summed E-state index contributed by atoms with van der Waals surface area (Å²) >= 11 is 0. The fraction of sp³-hybridized carbons (Fsp3) is 0.235. The fourth-order valence-electron chi connectivity index (χ4n) is 2.85. The lowest BCUT2D eigenvalue weighted by Gasteiger charge is -2.07. The standard InChI is InChI=1S/C17H17N7O/c1-10-16(11(2)24(3)21-10)14-6-7-18-17(20-14)19-9-12-4-5-13-15(8-12)23-25-22-13/h4-8H,9H2,1-3H3,(H,18,19,20). The minimum Gasteiger partial charge on any atom is -0.350 e. The number of aryl methyl sites for hydroxylation is 2. The first kappa shape index (κ1) is 15.3. The highest BCUT2D eigenvalue weighted by Crippen LogP contribution is 2.25. The molecule has 0 unspecified atom stereocenters. The molecule has 0 spiro atoms. The van der Waals surface area contributed by atoms with Crippen molar-refractivity contribution in [3.05, 3.63) is 47.4 Å². The van der Waals surface area contributed by atoms with E-state index in [1.165, 1.54) is 0 Å². The first-order valence-corrected chi connectivity index (χ1v) is 7.90. The summed E-state index contributed by atoms with van der Waals surface area (Å²) in [6.07, 6.45) is 1.75. The van der Waals surface area contributed by atoms with Crippen LogP contribution in [0.2, 0.25) is 0 Å². The lowest BCUT2D eigenvalue weighted by atomic mass is 10.1. The molecule has 3 aromatic heterocycles. The van der Waals surface area contributed by atoms with Gasteiger partial charge in [-0.2, -0.15) is 5.10 Å². The van der Waals surface area contributed by atoms with Gasteiger partial charge in [0, 0.05) is 31.0 Å². The number of nitrogens with zero attached hydrogens (tertiary/aromatic N) is 6. The zero-order valence-corrected chi connectivity index (χ0v) is 14.2. The molecule has 1 aromatic carbocycles. The van der Waals surface area contributed by atoms with E-state index in [9.17, 15) is 0 Å². The van der Waals surface area contributed by atoms with Gasteiger partial charge < -0.3 is 5.32 Å². The van der Waals surface area contributed by atoms with E-state index in [1.807, 2.05) is 49.8 Å². The Labute approximate surface area is 143 Å². The van der Waals surface area contributed by atoms with Crippen LogP contribution in [0, 0.1) is 13.8 Å². The summed E-state index contributed by atoms with van der Waals surface area (Å²) in [4.78, 5) is 8.93. The van der Waals surface area contributed by atoms with Gasteiger partial charge in [0.1, 0.15) is 11.0 Å². The van der Waals surface area contributed by atoms with Crippen LogP contribution in [0.1, 0.15) is 17.0 Å². The minimum absolute atomic E-state index is 0.568. The molecule has 0 aliphatic carbocycles. The molecule has 126 valence electrons. The average molecular weight is 335 g/mol. The monoisotopic (exact) mass is 335 g/mol. The van der Waals surface area contributed by atoms with E-state index in [4.69, 9.17) is 4.63 Å². The molecule has 25 heavy (non-hydrogen) atoms. The molecule has 0 radical (unpaired) electrons. The largest absolute Gasteiger partial charge is 0.350 e. The van der Waals surface area contributed by atoms with Crippen molar-refractivity contribution in [3.63, 3.8) is 0 Å². The molecular weight excluding hydrogens is 318 g/mol. The van der Waals surface area contributed by atoms with E-state index >= 15 is 0 Å². The second-order valence-corrected chi connectivity index (χ2v) is 5.88. The van der Waals surface area contributed by atoms with Crippen LogP contribution in [0.4, 0.5) is 5.95 Å². The van der Waals surface area contributed by atoms with Crippen molar-refractivity contribution in [2.24, 2.45) is 7.05 Å². The fourth-order valence-corrected chi connectivity index (χ4v) is 2.85. The quantitative estimate of drug-likeness (QED) is 0.612. The van der Waals surface area contributed by atoms with Gasteiger partial charge in [0.2, 0.25) is 5.95 Å². The minimum atomic E-state index is 0.568. The normalized spacial score (nSPS) is 11.2. The summed E-state index contributed by atoms with van der Waals surface area (Å²) in [5.41, 5.74) is 6.45. The highest BCUT2D eigenvalue weighted by atomic mass is 16.6. The number of fused-ring (bicyclic) bond motifs is 1. The summed E-state index contributed by atoms with van der Waals surface area (Å²) in [6, 6.07) is 7.68. The molecule has 0 aliphatic heterocycles. The Kier molecular flexibility index (Phi) is 3.64. The topological polar surface area (TPSA) is 94.6 Å². The van der Waals surface area contributed by atoms with Crippen molar-refractivity contribution in [2.75, 3.05) is 5.32 Å². The number of aromatic nitrogens is 6. The van der Waals surface area contributed by atoms with Gasteiger partial charge in [-0.05, 0) is 47.9 Å². The number of hydrogen-bond acceptors (Lipinski definition) is 7. The molecule has 0 fully saturated rings. The molecule has 4 rings (SSSR count). The van der Waals surface area contributed by atoms with Crippen LogP contribution in [-0.2, 0) is 13.6 Å². The first-order chi connectivity index (χ1) is 12.1. The maximum atomic E-state index is 4.72. The van der Waals surface area contributed by atoms with Crippen LogP contribution in [0.25, 0.3) is 22.3 Å². The third-order valence-electron chi connectivity index (χ3n) is 4.19. The van der Waals surface area contributed by atoms with Crippen molar-refractivity contribution < 1.29 is 4.63 Å². The first-order valence-electron chi connectivity index (χ1n) is 7.90. The third kappa shape index (κ3) is 2.82. The van der Waals surface area contributed by atoms with Gasteiger partial charge in [-0.1, -0.05) is 6.07 Å². The average Bonchev–Trinajstić information content (AvgIpc) is 3.17. The van der Waals surface area contributed by atoms with E-state index in [1.54, 1.807) is 6.20 Å². The van der Waals surface area contributed by atoms with Crippen molar-refractivity contribution in [1.82, 2.24) is 30.1 Å². The molecule has 8 heteroatoms. The van der Waals surface area contributed by atoms with Crippen LogP contribution in [0.3, 0.4) is 0 Å². The highest BCUT2D eigenvalue weighted by molar-refractivity contribution is 5.73. The number of benzene rings is 1. The maximum absolute atomic E-state index is 4.72. The molecule has 4 aromatic rings. The van der Waals surface area contributed by atoms with E-state index in [-0.39, 0.29) is 0 Å². The Balaban J connectivity index is 1.57. The summed E-state index contributed by atoms with van der Waals surface area (Å²) < 4.78 is 6.58. The Morgan fingerprint density at radius 2 is 1.96 bits per heavy atom. The van der Waals surface area contributed by atoms with Gasteiger partial charge in [-0.3, -0.25) is 4.68 Å². The van der Waals surface area contributed by atoms with Gasteiger partial charge in [0.05, 0.1) is 11.4 Å². The van der Waals surface area contributed by atoms with Crippen LogP contribution in [0.15, 0.2) is 35.1 Å². The maximum Gasteiger partial charge on any atom is 0.223 e. The Morgan fingerprint density at radius 3 is 2.76 bits per heavy atom. The summed E-state index contributed by atoms with van der Waals surface area (Å²) in [6.45, 7) is 4.60.